The standard InChI is InChI=1S/C33H58O4Si/c1-4-5-6-7-8-9-10-11-12-13-14-15-16-17-18-19-20-21-25-28-32(31-26-23-22-24-27-31)33(38,36-29(2)34)37-30(3)35/h22-24,26-27,32H,4-21,25,28H2,1-3,38H3. The molecule has 0 N–H and O–H groups in total. The number of carbonyl (C=O) groups excluding carboxylic acids is 2. The SMILES string of the molecule is CCCCCCCCCCCCCCCCCCCCCC(c1ccccc1)C([SiH3])(OC(C)=O)OC(C)=O. The van der Waals surface area contributed by atoms with E-state index in [-0.39, 0.29) is 5.92 Å². The van der Waals surface area contributed by atoms with Crippen molar-refractivity contribution in [1.29, 1.82) is 0 Å². The normalized spacial score (nSPS) is 12.4. The molecule has 0 aliphatic carbocycles. The van der Waals surface area contributed by atoms with Gasteiger partial charge in [0, 0.05) is 13.8 Å². The van der Waals surface area contributed by atoms with Crippen LogP contribution >= 0.6 is 0 Å². The lowest BCUT2D eigenvalue weighted by Gasteiger charge is -2.36. The lowest BCUT2D eigenvalue weighted by Crippen LogP contribution is -2.45. The van der Waals surface area contributed by atoms with E-state index in [4.69, 9.17) is 9.47 Å². The molecule has 4 nitrogen and oxygen atoms in total. The molecule has 0 heterocycles. The maximum Gasteiger partial charge on any atom is 0.305 e. The molecule has 38 heavy (non-hydrogen) atoms. The highest BCUT2D eigenvalue weighted by molar-refractivity contribution is 6.15. The van der Waals surface area contributed by atoms with Crippen LogP contribution in [-0.2, 0) is 19.1 Å². The highest BCUT2D eigenvalue weighted by Gasteiger charge is 2.40. The fourth-order valence-corrected chi connectivity index (χ4v) is 6.77. The lowest BCUT2D eigenvalue weighted by molar-refractivity contribution is -0.204. The zero-order valence-electron chi connectivity index (χ0n) is 25.2. The number of carbonyl (C=O) groups is 2. The summed E-state index contributed by atoms with van der Waals surface area (Å²) in [6, 6.07) is 10.0. The van der Waals surface area contributed by atoms with Crippen LogP contribution in [0.2, 0.25) is 0 Å². The van der Waals surface area contributed by atoms with Crippen LogP contribution in [0.3, 0.4) is 0 Å². The maximum atomic E-state index is 11.8. The minimum absolute atomic E-state index is 0.131. The Bertz CT molecular complexity index is 705. The molecule has 0 fully saturated rings. The topological polar surface area (TPSA) is 52.6 Å². The van der Waals surface area contributed by atoms with E-state index in [9.17, 15) is 9.59 Å². The zero-order valence-corrected chi connectivity index (χ0v) is 27.2. The number of esters is 2. The molecular weight excluding hydrogens is 488 g/mol. The van der Waals surface area contributed by atoms with Gasteiger partial charge >= 0.3 is 11.9 Å². The summed E-state index contributed by atoms with van der Waals surface area (Å²) in [4.78, 5) is 23.7. The molecule has 1 unspecified atom stereocenters. The molecule has 0 aliphatic heterocycles. The second kappa shape index (κ2) is 22.2. The van der Waals surface area contributed by atoms with Crippen LogP contribution in [0.5, 0.6) is 0 Å². The Kier molecular flexibility index (Phi) is 20.1. The molecule has 5 heteroatoms. The van der Waals surface area contributed by atoms with Gasteiger partial charge in [-0.05, 0) is 12.0 Å². The van der Waals surface area contributed by atoms with Gasteiger partial charge in [-0.1, -0.05) is 159 Å². The van der Waals surface area contributed by atoms with Crippen molar-refractivity contribution in [3.8, 4) is 0 Å². The van der Waals surface area contributed by atoms with Crippen molar-refractivity contribution in [2.75, 3.05) is 0 Å². The summed E-state index contributed by atoms with van der Waals surface area (Å²) in [5, 5.41) is 0. The van der Waals surface area contributed by atoms with Gasteiger partial charge in [0.15, 0.2) is 0 Å². The number of rotatable bonds is 24. The van der Waals surface area contributed by atoms with E-state index >= 15 is 0 Å². The summed E-state index contributed by atoms with van der Waals surface area (Å²) in [5.41, 5.74) is -0.0970. The molecule has 0 spiro atoms. The predicted molar refractivity (Wildman–Crippen MR) is 163 cm³/mol. The third kappa shape index (κ3) is 17.1. The van der Waals surface area contributed by atoms with Crippen LogP contribution in [0.15, 0.2) is 30.3 Å². The third-order valence-corrected chi connectivity index (χ3v) is 8.73. The van der Waals surface area contributed by atoms with Crippen LogP contribution in [0.4, 0.5) is 0 Å². The molecule has 1 aromatic carbocycles. The summed E-state index contributed by atoms with van der Waals surface area (Å²) >= 11 is 0. The Morgan fingerprint density at radius 3 is 1.32 bits per heavy atom. The minimum atomic E-state index is -1.16. The van der Waals surface area contributed by atoms with Gasteiger partial charge in [0.25, 0.3) is 0 Å². The number of hydrogen-bond acceptors (Lipinski definition) is 4. The summed E-state index contributed by atoms with van der Waals surface area (Å²) in [5.74, 6) is -0.945. The van der Waals surface area contributed by atoms with Gasteiger partial charge in [-0.15, -0.1) is 0 Å². The first-order chi connectivity index (χ1) is 18.4. The Hall–Kier alpha value is -1.62. The van der Waals surface area contributed by atoms with Crippen molar-refractivity contribution in [2.45, 2.75) is 161 Å². The van der Waals surface area contributed by atoms with Crippen molar-refractivity contribution < 1.29 is 19.1 Å². The number of unbranched alkanes of at least 4 members (excludes halogenated alkanes) is 18. The monoisotopic (exact) mass is 546 g/mol. The molecule has 0 amide bonds. The molecule has 0 bridgehead atoms. The molecule has 1 rings (SSSR count). The Morgan fingerprint density at radius 1 is 0.632 bits per heavy atom. The summed E-state index contributed by atoms with van der Waals surface area (Å²) in [6.45, 7) is 5.05. The predicted octanol–water partition coefficient (Wildman–Crippen LogP) is 8.74. The first-order valence-electron chi connectivity index (χ1n) is 15.8. The van der Waals surface area contributed by atoms with E-state index in [0.717, 1.165) is 24.8 Å². The first kappa shape index (κ1) is 34.4. The highest BCUT2D eigenvalue weighted by atomic mass is 28.1. The second-order valence-corrected chi connectivity index (χ2v) is 12.7. The summed E-state index contributed by atoms with van der Waals surface area (Å²) in [6.07, 6.45) is 26.6. The molecule has 218 valence electrons. The van der Waals surface area contributed by atoms with E-state index in [1.54, 1.807) is 0 Å². The lowest BCUT2D eigenvalue weighted by atomic mass is 9.91. The van der Waals surface area contributed by atoms with Crippen molar-refractivity contribution in [3.63, 3.8) is 0 Å². The van der Waals surface area contributed by atoms with Gasteiger partial charge in [-0.25, -0.2) is 0 Å². The van der Waals surface area contributed by atoms with Crippen molar-refractivity contribution >= 4 is 22.2 Å². The molecule has 0 saturated carbocycles. The van der Waals surface area contributed by atoms with E-state index in [2.05, 4.69) is 6.92 Å². The van der Waals surface area contributed by atoms with E-state index < -0.39 is 17.3 Å². The van der Waals surface area contributed by atoms with Gasteiger partial charge in [0.2, 0.25) is 5.41 Å². The smallest absolute Gasteiger partial charge is 0.305 e. The van der Waals surface area contributed by atoms with Crippen molar-refractivity contribution in [1.82, 2.24) is 0 Å². The summed E-state index contributed by atoms with van der Waals surface area (Å²) in [7, 11) is 0.417. The Morgan fingerprint density at radius 2 is 0.974 bits per heavy atom. The molecule has 1 atom stereocenters. The Labute approximate surface area is 237 Å². The molecule has 0 radical (unpaired) electrons. The van der Waals surface area contributed by atoms with Gasteiger partial charge in [0.1, 0.15) is 10.2 Å². The summed E-state index contributed by atoms with van der Waals surface area (Å²) < 4.78 is 11.3. The minimum Gasteiger partial charge on any atom is -0.428 e. The van der Waals surface area contributed by atoms with Crippen LogP contribution in [0.25, 0.3) is 0 Å². The fourth-order valence-electron chi connectivity index (χ4n) is 5.58. The van der Waals surface area contributed by atoms with E-state index in [1.165, 1.54) is 123 Å². The van der Waals surface area contributed by atoms with Crippen LogP contribution in [0, 0.1) is 0 Å². The van der Waals surface area contributed by atoms with Gasteiger partial charge in [-0.2, -0.15) is 0 Å². The number of benzene rings is 1. The molecular formula is C33H58O4Si. The largest absolute Gasteiger partial charge is 0.428 e. The van der Waals surface area contributed by atoms with Crippen LogP contribution < -0.4 is 0 Å². The fraction of sp³-hybridized carbons (Fsp3) is 0.758. The highest BCUT2D eigenvalue weighted by Crippen LogP contribution is 2.35. The van der Waals surface area contributed by atoms with E-state index in [1.807, 2.05) is 30.3 Å². The van der Waals surface area contributed by atoms with Crippen LogP contribution in [0.1, 0.15) is 161 Å². The zero-order chi connectivity index (χ0) is 27.9. The van der Waals surface area contributed by atoms with Gasteiger partial charge in [-0.3, -0.25) is 9.59 Å². The number of hydrogen-bond donors (Lipinski definition) is 0. The van der Waals surface area contributed by atoms with E-state index in [0.29, 0.717) is 10.2 Å². The first-order valence-corrected chi connectivity index (χ1v) is 16.8. The third-order valence-electron chi connectivity index (χ3n) is 7.62. The molecule has 1 aromatic rings. The van der Waals surface area contributed by atoms with Gasteiger partial charge < -0.3 is 9.47 Å². The van der Waals surface area contributed by atoms with Crippen molar-refractivity contribution in [2.24, 2.45) is 0 Å². The quantitative estimate of drug-likeness (QED) is 0.0563. The van der Waals surface area contributed by atoms with Gasteiger partial charge in [0.05, 0.1) is 5.92 Å². The molecule has 0 aromatic heterocycles. The maximum absolute atomic E-state index is 11.8. The molecule has 0 saturated heterocycles. The second-order valence-electron chi connectivity index (χ2n) is 11.3. The van der Waals surface area contributed by atoms with Crippen molar-refractivity contribution in [3.05, 3.63) is 35.9 Å². The Balaban J connectivity index is 2.16. The average Bonchev–Trinajstić information content (AvgIpc) is 2.87. The average molecular weight is 547 g/mol. The number of ether oxygens (including phenoxy) is 2. The van der Waals surface area contributed by atoms with Crippen LogP contribution in [-0.4, -0.2) is 27.6 Å². The molecule has 0 aliphatic rings.